The van der Waals surface area contributed by atoms with Gasteiger partial charge in [0.2, 0.25) is 0 Å². The van der Waals surface area contributed by atoms with E-state index in [-0.39, 0.29) is 15.7 Å². The molecule has 118 valence electrons. The van der Waals surface area contributed by atoms with Crippen LogP contribution in [0.2, 0.25) is 10.0 Å². The van der Waals surface area contributed by atoms with Crippen LogP contribution in [0.3, 0.4) is 0 Å². The van der Waals surface area contributed by atoms with E-state index in [1.54, 1.807) is 6.07 Å². The van der Waals surface area contributed by atoms with E-state index in [2.05, 4.69) is 5.10 Å². The lowest BCUT2D eigenvalue weighted by atomic mass is 10.1. The van der Waals surface area contributed by atoms with Gasteiger partial charge in [0.1, 0.15) is 5.69 Å². The van der Waals surface area contributed by atoms with Crippen molar-refractivity contribution in [2.75, 3.05) is 0 Å². The van der Waals surface area contributed by atoms with E-state index in [0.717, 1.165) is 17.7 Å². The molecule has 0 atom stereocenters. The van der Waals surface area contributed by atoms with Crippen molar-refractivity contribution in [2.24, 2.45) is 0 Å². The molecule has 2 nitrogen and oxygen atoms in total. The van der Waals surface area contributed by atoms with Crippen LogP contribution < -0.4 is 0 Å². The number of hydrogen-bond acceptors (Lipinski definition) is 1. The van der Waals surface area contributed by atoms with Gasteiger partial charge in [-0.1, -0.05) is 53.5 Å². The molecule has 0 bridgehead atoms. The van der Waals surface area contributed by atoms with Gasteiger partial charge >= 0.3 is 6.18 Å². The molecule has 0 aliphatic rings. The smallest absolute Gasteiger partial charge is 0.230 e. The Balaban J connectivity index is 2.17. The van der Waals surface area contributed by atoms with Crippen LogP contribution in [-0.2, 0) is 6.18 Å². The fourth-order valence-corrected chi connectivity index (χ4v) is 2.89. The number of benzene rings is 2. The molecule has 0 saturated heterocycles. The maximum atomic E-state index is 12.8. The Morgan fingerprint density at radius 2 is 1.52 bits per heavy atom. The maximum absolute atomic E-state index is 12.8. The molecule has 3 rings (SSSR count). The minimum Gasteiger partial charge on any atom is -0.230 e. The lowest BCUT2D eigenvalue weighted by molar-refractivity contribution is -0.137. The van der Waals surface area contributed by atoms with E-state index in [9.17, 15) is 13.2 Å². The van der Waals surface area contributed by atoms with Crippen molar-refractivity contribution in [1.82, 2.24) is 9.78 Å². The molecule has 0 unspecified atom stereocenters. The molecule has 1 heterocycles. The zero-order valence-electron chi connectivity index (χ0n) is 11.5. The Bertz CT molecular complexity index is 819. The summed E-state index contributed by atoms with van der Waals surface area (Å²) in [5.41, 5.74) is 0.834. The van der Waals surface area contributed by atoms with Crippen LogP contribution in [0.1, 0.15) is 5.56 Å². The highest BCUT2D eigenvalue weighted by atomic mass is 35.5. The molecular weight excluding hydrogens is 348 g/mol. The molecule has 0 aliphatic heterocycles. The van der Waals surface area contributed by atoms with Gasteiger partial charge in [-0.2, -0.15) is 18.3 Å². The highest BCUT2D eigenvalue weighted by Crippen LogP contribution is 2.38. The van der Waals surface area contributed by atoms with E-state index in [0.29, 0.717) is 5.69 Å². The number of nitrogens with zero attached hydrogens (tertiary/aromatic N) is 2. The van der Waals surface area contributed by atoms with Gasteiger partial charge in [-0.25, -0.2) is 4.68 Å². The van der Waals surface area contributed by atoms with E-state index < -0.39 is 11.7 Å². The Kier molecular flexibility index (Phi) is 4.08. The monoisotopic (exact) mass is 356 g/mol. The zero-order valence-corrected chi connectivity index (χ0v) is 13.0. The Hall–Kier alpha value is -1.98. The Morgan fingerprint density at radius 1 is 0.913 bits per heavy atom. The molecule has 0 amide bonds. The van der Waals surface area contributed by atoms with Crippen LogP contribution in [0.25, 0.3) is 16.9 Å². The maximum Gasteiger partial charge on any atom is 0.416 e. The van der Waals surface area contributed by atoms with Gasteiger partial charge in [-0.05, 0) is 18.2 Å². The summed E-state index contributed by atoms with van der Waals surface area (Å²) in [4.78, 5) is 0. The molecule has 23 heavy (non-hydrogen) atoms. The van der Waals surface area contributed by atoms with Crippen molar-refractivity contribution in [3.05, 3.63) is 70.3 Å². The van der Waals surface area contributed by atoms with Gasteiger partial charge in [-0.15, -0.1) is 0 Å². The first-order valence-electron chi connectivity index (χ1n) is 6.54. The highest BCUT2D eigenvalue weighted by molar-refractivity contribution is 6.38. The van der Waals surface area contributed by atoms with Crippen LogP contribution in [0, 0.1) is 0 Å². The van der Waals surface area contributed by atoms with Gasteiger partial charge in [0.15, 0.2) is 0 Å². The molecule has 1 aromatic heterocycles. The van der Waals surface area contributed by atoms with Crippen LogP contribution >= 0.6 is 23.2 Å². The number of alkyl halides is 3. The van der Waals surface area contributed by atoms with E-state index in [4.69, 9.17) is 23.2 Å². The first-order valence-corrected chi connectivity index (χ1v) is 7.29. The highest BCUT2D eigenvalue weighted by Gasteiger charge is 2.32. The van der Waals surface area contributed by atoms with Gasteiger partial charge in [-0.3, -0.25) is 0 Å². The third kappa shape index (κ3) is 3.07. The fourth-order valence-electron chi connectivity index (χ4n) is 2.24. The quantitative estimate of drug-likeness (QED) is 0.561. The second kappa shape index (κ2) is 5.91. The van der Waals surface area contributed by atoms with Gasteiger partial charge in [0.05, 0.1) is 27.5 Å². The molecule has 0 aliphatic carbocycles. The predicted octanol–water partition coefficient (Wildman–Crippen LogP) is 5.86. The predicted molar refractivity (Wildman–Crippen MR) is 84.0 cm³/mol. The summed E-state index contributed by atoms with van der Waals surface area (Å²) in [6.45, 7) is 0. The summed E-state index contributed by atoms with van der Waals surface area (Å²) in [7, 11) is 0. The molecule has 0 spiro atoms. The first-order chi connectivity index (χ1) is 10.9. The van der Waals surface area contributed by atoms with Crippen LogP contribution in [-0.4, -0.2) is 9.78 Å². The van der Waals surface area contributed by atoms with Crippen LogP contribution in [0.5, 0.6) is 0 Å². The molecule has 7 heteroatoms. The topological polar surface area (TPSA) is 17.8 Å². The summed E-state index contributed by atoms with van der Waals surface area (Å²) in [6.07, 6.45) is -2.98. The lowest BCUT2D eigenvalue weighted by Crippen LogP contribution is -2.07. The van der Waals surface area contributed by atoms with Gasteiger partial charge in [0, 0.05) is 5.56 Å². The second-order valence-electron chi connectivity index (χ2n) is 4.78. The van der Waals surface area contributed by atoms with Crippen LogP contribution in [0.15, 0.2) is 54.7 Å². The Labute approximate surface area is 140 Å². The normalized spacial score (nSPS) is 11.7. The fraction of sp³-hybridized carbons (Fsp3) is 0.0625. The summed E-state index contributed by atoms with van der Waals surface area (Å²) in [5.74, 6) is 0. The standard InChI is InChI=1S/C16H9Cl2F3N2/c17-12-8-11(16(19,20)21)9-13(18)15(12)23-14(6-7-22-23)10-4-2-1-3-5-10/h1-9H. The summed E-state index contributed by atoms with van der Waals surface area (Å²) in [6, 6.07) is 12.7. The van der Waals surface area contributed by atoms with Gasteiger partial charge in [0.25, 0.3) is 0 Å². The molecular formula is C16H9Cl2F3N2. The lowest BCUT2D eigenvalue weighted by Gasteiger charge is -2.14. The molecule has 2 aromatic carbocycles. The van der Waals surface area contributed by atoms with E-state index >= 15 is 0 Å². The summed E-state index contributed by atoms with van der Waals surface area (Å²) < 4.78 is 39.9. The van der Waals surface area contributed by atoms with Crippen molar-refractivity contribution in [3.63, 3.8) is 0 Å². The number of hydrogen-bond donors (Lipinski definition) is 0. The Morgan fingerprint density at radius 3 is 2.09 bits per heavy atom. The number of halogens is 5. The number of rotatable bonds is 2. The van der Waals surface area contributed by atoms with Crippen molar-refractivity contribution < 1.29 is 13.2 Å². The zero-order chi connectivity index (χ0) is 16.6. The molecule has 0 fully saturated rings. The molecule has 3 aromatic rings. The largest absolute Gasteiger partial charge is 0.416 e. The molecule has 0 N–H and O–H groups in total. The van der Waals surface area contributed by atoms with Crippen molar-refractivity contribution in [3.8, 4) is 16.9 Å². The average Bonchev–Trinajstić information content (AvgIpc) is 2.95. The minimum absolute atomic E-state index is 0.120. The van der Waals surface area contributed by atoms with Crippen molar-refractivity contribution in [1.29, 1.82) is 0 Å². The SMILES string of the molecule is FC(F)(F)c1cc(Cl)c(-n2nccc2-c2ccccc2)c(Cl)c1. The van der Waals surface area contributed by atoms with E-state index in [1.165, 1.54) is 10.9 Å². The van der Waals surface area contributed by atoms with E-state index in [1.807, 2.05) is 30.3 Å². The summed E-state index contributed by atoms with van der Waals surface area (Å²) >= 11 is 12.1. The third-order valence-electron chi connectivity index (χ3n) is 3.27. The van der Waals surface area contributed by atoms with Crippen LogP contribution in [0.4, 0.5) is 13.2 Å². The first kappa shape index (κ1) is 15.9. The van der Waals surface area contributed by atoms with Gasteiger partial charge < -0.3 is 0 Å². The third-order valence-corrected chi connectivity index (χ3v) is 3.84. The van der Waals surface area contributed by atoms with Crippen molar-refractivity contribution >= 4 is 23.2 Å². The number of aromatic nitrogens is 2. The van der Waals surface area contributed by atoms with Crippen molar-refractivity contribution in [2.45, 2.75) is 6.18 Å². The average molecular weight is 357 g/mol. The molecule has 0 radical (unpaired) electrons. The second-order valence-corrected chi connectivity index (χ2v) is 5.59. The molecule has 0 saturated carbocycles. The summed E-state index contributed by atoms with van der Waals surface area (Å²) in [5, 5.41) is 3.90. The minimum atomic E-state index is -4.52.